The van der Waals surface area contributed by atoms with E-state index in [9.17, 15) is 4.79 Å². The number of carbonyl (C=O) groups excluding carboxylic acids is 1. The number of ether oxygens (including phenoxy) is 1. The summed E-state index contributed by atoms with van der Waals surface area (Å²) < 4.78 is 11.0. The fourth-order valence-corrected chi connectivity index (χ4v) is 2.80. The highest BCUT2D eigenvalue weighted by atomic mass is 16.6. The predicted octanol–water partition coefficient (Wildman–Crippen LogP) is 4.41. The number of rotatable bonds is 2. The molecule has 0 radical (unpaired) electrons. The molecule has 0 unspecified atom stereocenters. The second-order valence-corrected chi connectivity index (χ2v) is 6.81. The minimum absolute atomic E-state index is 0.0777. The van der Waals surface area contributed by atoms with Gasteiger partial charge in [0.2, 0.25) is 0 Å². The highest BCUT2D eigenvalue weighted by Gasteiger charge is 2.35. The van der Waals surface area contributed by atoms with E-state index in [4.69, 9.17) is 9.26 Å². The van der Waals surface area contributed by atoms with E-state index in [0.29, 0.717) is 6.54 Å². The zero-order valence-electron chi connectivity index (χ0n) is 13.8. The number of benzene rings is 1. The fourth-order valence-electron chi connectivity index (χ4n) is 2.80. The molecule has 2 heterocycles. The van der Waals surface area contributed by atoms with Crippen molar-refractivity contribution in [3.8, 4) is 11.3 Å². The summed E-state index contributed by atoms with van der Waals surface area (Å²) in [4.78, 5) is 14.1. The van der Waals surface area contributed by atoms with Crippen molar-refractivity contribution in [2.24, 2.45) is 0 Å². The smallest absolute Gasteiger partial charge is 0.410 e. The van der Waals surface area contributed by atoms with E-state index in [1.807, 2.05) is 57.2 Å². The molecule has 23 heavy (non-hydrogen) atoms. The van der Waals surface area contributed by atoms with Crippen LogP contribution in [0.25, 0.3) is 11.3 Å². The van der Waals surface area contributed by atoms with Gasteiger partial charge in [-0.15, -0.1) is 0 Å². The summed E-state index contributed by atoms with van der Waals surface area (Å²) in [5.41, 5.74) is 1.27. The lowest BCUT2D eigenvalue weighted by atomic mass is 10.1. The molecule has 5 heteroatoms. The highest BCUT2D eigenvalue weighted by Crippen LogP contribution is 2.34. The SMILES string of the molecule is CC(C)(C)OC(=O)N1CCC[C@@H]1c1cc(-c2ccccc2)on1. The predicted molar refractivity (Wildman–Crippen MR) is 86.9 cm³/mol. The van der Waals surface area contributed by atoms with E-state index >= 15 is 0 Å². The minimum atomic E-state index is -0.497. The van der Waals surface area contributed by atoms with Gasteiger partial charge in [-0.3, -0.25) is 4.90 Å². The van der Waals surface area contributed by atoms with Crippen molar-refractivity contribution < 1.29 is 14.1 Å². The van der Waals surface area contributed by atoms with Crippen LogP contribution in [0.2, 0.25) is 0 Å². The van der Waals surface area contributed by atoms with Crippen LogP contribution in [0.5, 0.6) is 0 Å². The van der Waals surface area contributed by atoms with Gasteiger partial charge < -0.3 is 9.26 Å². The van der Waals surface area contributed by atoms with Crippen molar-refractivity contribution in [1.82, 2.24) is 10.1 Å². The third kappa shape index (κ3) is 3.55. The Labute approximate surface area is 136 Å². The fraction of sp³-hybridized carbons (Fsp3) is 0.444. The van der Waals surface area contributed by atoms with Gasteiger partial charge in [0.25, 0.3) is 0 Å². The van der Waals surface area contributed by atoms with E-state index < -0.39 is 5.60 Å². The van der Waals surface area contributed by atoms with Gasteiger partial charge in [-0.05, 0) is 33.6 Å². The van der Waals surface area contributed by atoms with E-state index in [1.54, 1.807) is 4.90 Å². The normalized spacial score (nSPS) is 18.2. The molecule has 3 rings (SSSR count). The summed E-state index contributed by atoms with van der Waals surface area (Å²) >= 11 is 0. The molecule has 2 aromatic rings. The molecule has 1 aromatic carbocycles. The molecule has 1 fully saturated rings. The number of hydrogen-bond donors (Lipinski definition) is 0. The summed E-state index contributed by atoms with van der Waals surface area (Å²) in [6.07, 6.45) is 1.53. The van der Waals surface area contributed by atoms with E-state index in [-0.39, 0.29) is 12.1 Å². The Morgan fingerprint density at radius 1 is 1.30 bits per heavy atom. The lowest BCUT2D eigenvalue weighted by Crippen LogP contribution is -2.36. The molecule has 1 amide bonds. The quantitative estimate of drug-likeness (QED) is 0.823. The zero-order chi connectivity index (χ0) is 16.4. The second kappa shape index (κ2) is 6.07. The maximum atomic E-state index is 12.4. The van der Waals surface area contributed by atoms with Gasteiger partial charge in [0.1, 0.15) is 11.3 Å². The Balaban J connectivity index is 1.78. The van der Waals surface area contributed by atoms with Crippen LogP contribution < -0.4 is 0 Å². The third-order valence-electron chi connectivity index (χ3n) is 3.81. The van der Waals surface area contributed by atoms with Crippen LogP contribution in [0.4, 0.5) is 4.79 Å². The molecular weight excluding hydrogens is 292 g/mol. The summed E-state index contributed by atoms with van der Waals surface area (Å²) in [6, 6.07) is 11.7. The first kappa shape index (κ1) is 15.6. The lowest BCUT2D eigenvalue weighted by molar-refractivity contribution is 0.0219. The number of aromatic nitrogens is 1. The van der Waals surface area contributed by atoms with Crippen molar-refractivity contribution in [1.29, 1.82) is 0 Å². The van der Waals surface area contributed by atoms with Crippen molar-refractivity contribution >= 4 is 6.09 Å². The molecule has 122 valence electrons. The third-order valence-corrected chi connectivity index (χ3v) is 3.81. The van der Waals surface area contributed by atoms with Gasteiger partial charge in [0, 0.05) is 18.2 Å². The van der Waals surface area contributed by atoms with E-state index in [0.717, 1.165) is 29.9 Å². The molecule has 5 nitrogen and oxygen atoms in total. The van der Waals surface area contributed by atoms with Gasteiger partial charge >= 0.3 is 6.09 Å². The molecule has 0 spiro atoms. The van der Waals surface area contributed by atoms with Gasteiger partial charge in [-0.1, -0.05) is 35.5 Å². The van der Waals surface area contributed by atoms with Crippen molar-refractivity contribution in [2.75, 3.05) is 6.54 Å². The second-order valence-electron chi connectivity index (χ2n) is 6.81. The molecule has 1 aliphatic rings. The van der Waals surface area contributed by atoms with Crippen molar-refractivity contribution in [2.45, 2.75) is 45.3 Å². The first-order valence-corrected chi connectivity index (χ1v) is 7.96. The van der Waals surface area contributed by atoms with Crippen LogP contribution >= 0.6 is 0 Å². The van der Waals surface area contributed by atoms with Gasteiger partial charge in [0.05, 0.1) is 6.04 Å². The zero-order valence-corrected chi connectivity index (χ0v) is 13.8. The maximum Gasteiger partial charge on any atom is 0.410 e. The van der Waals surface area contributed by atoms with E-state index in [2.05, 4.69) is 5.16 Å². The van der Waals surface area contributed by atoms with Crippen LogP contribution in [0.1, 0.15) is 45.3 Å². The van der Waals surface area contributed by atoms with Crippen LogP contribution in [-0.2, 0) is 4.74 Å². The monoisotopic (exact) mass is 314 g/mol. The van der Waals surface area contributed by atoms with Gasteiger partial charge in [-0.2, -0.15) is 0 Å². The topological polar surface area (TPSA) is 55.6 Å². The summed E-state index contributed by atoms with van der Waals surface area (Å²) in [7, 11) is 0. The van der Waals surface area contributed by atoms with E-state index in [1.165, 1.54) is 0 Å². The summed E-state index contributed by atoms with van der Waals surface area (Å²) in [5, 5.41) is 4.18. The molecule has 0 bridgehead atoms. The largest absolute Gasteiger partial charge is 0.444 e. The van der Waals surface area contributed by atoms with Crippen LogP contribution in [-0.4, -0.2) is 28.3 Å². The standard InChI is InChI=1S/C18H22N2O3/c1-18(2,3)22-17(21)20-11-7-10-15(20)14-12-16(23-19-14)13-8-5-4-6-9-13/h4-6,8-9,12,15H,7,10-11H2,1-3H3/t15-/m1/s1. The molecular formula is C18H22N2O3. The number of carbonyl (C=O) groups is 1. The molecule has 0 N–H and O–H groups in total. The first-order chi connectivity index (χ1) is 10.9. The maximum absolute atomic E-state index is 12.4. The summed E-state index contributed by atoms with van der Waals surface area (Å²) in [6.45, 7) is 6.31. The van der Waals surface area contributed by atoms with Gasteiger partial charge in [-0.25, -0.2) is 4.79 Å². The number of nitrogens with zero attached hydrogens (tertiary/aromatic N) is 2. The Bertz CT molecular complexity index is 673. The van der Waals surface area contributed by atoms with Gasteiger partial charge in [0.15, 0.2) is 5.76 Å². The molecule has 1 atom stereocenters. The highest BCUT2D eigenvalue weighted by molar-refractivity contribution is 5.69. The van der Waals surface area contributed by atoms with Crippen molar-refractivity contribution in [3.63, 3.8) is 0 Å². The molecule has 1 aliphatic heterocycles. The minimum Gasteiger partial charge on any atom is -0.444 e. The Kier molecular flexibility index (Phi) is 4.11. The molecule has 0 saturated carbocycles. The molecule has 1 aromatic heterocycles. The number of amides is 1. The van der Waals surface area contributed by atoms with Crippen molar-refractivity contribution in [3.05, 3.63) is 42.1 Å². The summed E-state index contributed by atoms with van der Waals surface area (Å²) in [5.74, 6) is 0.719. The lowest BCUT2D eigenvalue weighted by Gasteiger charge is -2.27. The molecule has 0 aliphatic carbocycles. The average molecular weight is 314 g/mol. The Morgan fingerprint density at radius 2 is 2.04 bits per heavy atom. The van der Waals surface area contributed by atoms with Crippen LogP contribution in [0.3, 0.4) is 0 Å². The van der Waals surface area contributed by atoms with Crippen LogP contribution in [0.15, 0.2) is 40.9 Å². The Morgan fingerprint density at radius 3 is 2.74 bits per heavy atom. The van der Waals surface area contributed by atoms with Crippen LogP contribution in [0, 0.1) is 0 Å². The molecule has 1 saturated heterocycles. The first-order valence-electron chi connectivity index (χ1n) is 7.96. The number of hydrogen-bond acceptors (Lipinski definition) is 4. The average Bonchev–Trinajstić information content (AvgIpc) is 3.15. The Hall–Kier alpha value is -2.30. The number of likely N-dealkylation sites (tertiary alicyclic amines) is 1.